The van der Waals surface area contributed by atoms with Crippen molar-refractivity contribution >= 4 is 11.7 Å². The van der Waals surface area contributed by atoms with E-state index in [4.69, 9.17) is 5.26 Å². The van der Waals surface area contributed by atoms with E-state index in [9.17, 15) is 9.18 Å². The summed E-state index contributed by atoms with van der Waals surface area (Å²) in [5.74, 6) is -0.450. The van der Waals surface area contributed by atoms with E-state index in [-0.39, 0.29) is 11.5 Å². The van der Waals surface area contributed by atoms with E-state index in [2.05, 4.69) is 14.6 Å². The lowest BCUT2D eigenvalue weighted by Crippen LogP contribution is -2.47. The van der Waals surface area contributed by atoms with Gasteiger partial charge >= 0.3 is 5.97 Å². The summed E-state index contributed by atoms with van der Waals surface area (Å²) in [5, 5.41) is 8.80. The highest BCUT2D eigenvalue weighted by atomic mass is 19.1. The topological polar surface area (TPSA) is 66.2 Å². The van der Waals surface area contributed by atoms with E-state index in [1.54, 1.807) is 18.3 Å². The molecule has 1 aromatic carbocycles. The Balaban J connectivity index is 1.73. The number of anilines is 1. The third-order valence-corrected chi connectivity index (χ3v) is 4.13. The van der Waals surface area contributed by atoms with Crippen molar-refractivity contribution in [3.05, 3.63) is 47.9 Å². The summed E-state index contributed by atoms with van der Waals surface area (Å²) in [4.78, 5) is 17.7. The summed E-state index contributed by atoms with van der Waals surface area (Å²) >= 11 is 0. The van der Waals surface area contributed by atoms with Gasteiger partial charge in [0.2, 0.25) is 0 Å². The van der Waals surface area contributed by atoms with Crippen LogP contribution in [0.5, 0.6) is 0 Å². The lowest BCUT2D eigenvalue weighted by molar-refractivity contribution is -0.141. The molecule has 2 heterocycles. The third-order valence-electron chi connectivity index (χ3n) is 4.13. The van der Waals surface area contributed by atoms with Crippen LogP contribution in [0.4, 0.5) is 10.1 Å². The van der Waals surface area contributed by atoms with Crippen molar-refractivity contribution in [3.8, 4) is 17.3 Å². The molecule has 0 N–H and O–H groups in total. The van der Waals surface area contributed by atoms with Gasteiger partial charge in [-0.3, -0.25) is 9.78 Å². The Morgan fingerprint density at radius 1 is 1.42 bits per heavy atom. The summed E-state index contributed by atoms with van der Waals surface area (Å²) in [6.45, 7) is 1.56. The average Bonchev–Trinajstić information content (AvgIpc) is 2.57. The number of ether oxygens (including phenoxy) is 1. The summed E-state index contributed by atoms with van der Waals surface area (Å²) in [5.41, 5.74) is 2.27. The molecule has 0 saturated carbocycles. The van der Waals surface area contributed by atoms with Crippen molar-refractivity contribution < 1.29 is 13.9 Å². The van der Waals surface area contributed by atoms with Gasteiger partial charge in [0.05, 0.1) is 24.8 Å². The van der Waals surface area contributed by atoms with E-state index < -0.39 is 5.82 Å². The highest BCUT2D eigenvalue weighted by Gasteiger charge is 2.29. The van der Waals surface area contributed by atoms with Gasteiger partial charge in [-0.05, 0) is 24.3 Å². The zero-order valence-electron chi connectivity index (χ0n) is 13.2. The molecule has 1 aromatic heterocycles. The van der Waals surface area contributed by atoms with E-state index in [0.717, 1.165) is 18.8 Å². The second-order valence-electron chi connectivity index (χ2n) is 5.76. The van der Waals surface area contributed by atoms with E-state index >= 15 is 0 Å². The molecule has 5 nitrogen and oxygen atoms in total. The van der Waals surface area contributed by atoms with Gasteiger partial charge in [0, 0.05) is 36.5 Å². The highest BCUT2D eigenvalue weighted by Crippen LogP contribution is 2.29. The summed E-state index contributed by atoms with van der Waals surface area (Å²) in [6.07, 6.45) is 2.10. The van der Waals surface area contributed by atoms with E-state index in [1.165, 1.54) is 19.2 Å². The number of hydrogen-bond donors (Lipinski definition) is 0. The maximum atomic E-state index is 13.8. The Labute approximate surface area is 139 Å². The van der Waals surface area contributed by atoms with Crippen LogP contribution in [0, 0.1) is 23.1 Å². The molecular formula is C18H16FN3O2. The number of methoxy groups -OCH3 is 1. The Hall–Kier alpha value is -2.94. The molecule has 1 fully saturated rings. The minimum Gasteiger partial charge on any atom is -0.469 e. The molecule has 0 atom stereocenters. The van der Waals surface area contributed by atoms with Crippen LogP contribution in [0.1, 0.15) is 12.0 Å². The SMILES string of the molecule is COC(=O)CC1CN(c2ccnc(-c3ccc(C#N)c(F)c3)c2)C1. The molecule has 0 aliphatic carbocycles. The van der Waals surface area contributed by atoms with Crippen molar-refractivity contribution in [2.75, 3.05) is 25.1 Å². The molecule has 6 heteroatoms. The molecule has 3 rings (SSSR count). The summed E-state index contributed by atoms with van der Waals surface area (Å²) in [6, 6.07) is 10.0. The molecule has 122 valence electrons. The normalized spacial score (nSPS) is 14.0. The monoisotopic (exact) mass is 325 g/mol. The van der Waals surface area contributed by atoms with Crippen LogP contribution in [0.25, 0.3) is 11.3 Å². The molecule has 0 unspecified atom stereocenters. The molecule has 0 radical (unpaired) electrons. The van der Waals surface area contributed by atoms with Gasteiger partial charge in [0.1, 0.15) is 11.9 Å². The highest BCUT2D eigenvalue weighted by molar-refractivity contribution is 5.70. The van der Waals surface area contributed by atoms with Crippen LogP contribution in [0.15, 0.2) is 36.5 Å². The van der Waals surface area contributed by atoms with Crippen LogP contribution in [-0.4, -0.2) is 31.2 Å². The number of halogens is 1. The number of esters is 1. The number of carbonyl (C=O) groups is 1. The largest absolute Gasteiger partial charge is 0.469 e. The van der Waals surface area contributed by atoms with Crippen molar-refractivity contribution in [3.63, 3.8) is 0 Å². The maximum absolute atomic E-state index is 13.8. The second kappa shape index (κ2) is 6.67. The first-order chi connectivity index (χ1) is 11.6. The Morgan fingerprint density at radius 2 is 2.21 bits per heavy atom. The lowest BCUT2D eigenvalue weighted by atomic mass is 9.95. The van der Waals surface area contributed by atoms with Crippen LogP contribution < -0.4 is 4.90 Å². The van der Waals surface area contributed by atoms with Gasteiger partial charge in [-0.2, -0.15) is 5.26 Å². The number of pyridine rings is 1. The Morgan fingerprint density at radius 3 is 2.88 bits per heavy atom. The molecule has 0 bridgehead atoms. The van der Waals surface area contributed by atoms with Gasteiger partial charge < -0.3 is 9.64 Å². The summed E-state index contributed by atoms with van der Waals surface area (Å²) in [7, 11) is 1.39. The first kappa shape index (κ1) is 15.9. The fraction of sp³-hybridized carbons (Fsp3) is 0.278. The second-order valence-corrected chi connectivity index (χ2v) is 5.76. The maximum Gasteiger partial charge on any atom is 0.305 e. The first-order valence-electron chi connectivity index (χ1n) is 7.58. The fourth-order valence-electron chi connectivity index (χ4n) is 2.77. The van der Waals surface area contributed by atoms with Crippen LogP contribution in [0.3, 0.4) is 0 Å². The zero-order valence-corrected chi connectivity index (χ0v) is 13.2. The fourth-order valence-corrected chi connectivity index (χ4v) is 2.77. The molecule has 1 aliphatic heterocycles. The van der Waals surface area contributed by atoms with Gasteiger partial charge in [0.15, 0.2) is 0 Å². The summed E-state index contributed by atoms with van der Waals surface area (Å²) < 4.78 is 18.5. The zero-order chi connectivity index (χ0) is 17.1. The predicted octanol–water partition coefficient (Wildman–Crippen LogP) is 2.76. The number of benzene rings is 1. The molecule has 24 heavy (non-hydrogen) atoms. The molecule has 1 saturated heterocycles. The number of aromatic nitrogens is 1. The molecular weight excluding hydrogens is 309 g/mol. The number of carbonyl (C=O) groups excluding carboxylic acids is 1. The van der Waals surface area contributed by atoms with Crippen LogP contribution in [0.2, 0.25) is 0 Å². The van der Waals surface area contributed by atoms with Gasteiger partial charge in [-0.15, -0.1) is 0 Å². The van der Waals surface area contributed by atoms with Crippen molar-refractivity contribution in [1.29, 1.82) is 5.26 Å². The van der Waals surface area contributed by atoms with Crippen LogP contribution >= 0.6 is 0 Å². The minimum absolute atomic E-state index is 0.0169. The van der Waals surface area contributed by atoms with Gasteiger partial charge in [-0.25, -0.2) is 4.39 Å². The number of hydrogen-bond acceptors (Lipinski definition) is 5. The quantitative estimate of drug-likeness (QED) is 0.809. The number of nitriles is 1. The van der Waals surface area contributed by atoms with Crippen molar-refractivity contribution in [2.45, 2.75) is 6.42 Å². The molecule has 0 spiro atoms. The molecule has 2 aromatic rings. The Bertz CT molecular complexity index is 810. The number of nitrogens with zero attached hydrogens (tertiary/aromatic N) is 3. The van der Waals surface area contributed by atoms with Gasteiger partial charge in [0.25, 0.3) is 0 Å². The number of rotatable bonds is 4. The van der Waals surface area contributed by atoms with Crippen LogP contribution in [-0.2, 0) is 9.53 Å². The molecule has 1 aliphatic rings. The minimum atomic E-state index is -0.552. The van der Waals surface area contributed by atoms with E-state index in [1.807, 2.05) is 12.1 Å². The third kappa shape index (κ3) is 3.20. The molecule has 0 amide bonds. The Kier molecular flexibility index (Phi) is 4.43. The van der Waals surface area contributed by atoms with Crippen molar-refractivity contribution in [1.82, 2.24) is 4.98 Å². The predicted molar refractivity (Wildman–Crippen MR) is 86.7 cm³/mol. The lowest BCUT2D eigenvalue weighted by Gasteiger charge is -2.40. The smallest absolute Gasteiger partial charge is 0.305 e. The van der Waals surface area contributed by atoms with Gasteiger partial charge in [-0.1, -0.05) is 6.07 Å². The average molecular weight is 325 g/mol. The standard InChI is InChI=1S/C18H16FN3O2/c1-24-18(23)6-12-10-22(11-12)15-4-5-21-17(8-15)13-2-3-14(9-20)16(19)7-13/h2-5,7-8,12H,6,10-11H2,1H3. The van der Waals surface area contributed by atoms with Crippen molar-refractivity contribution in [2.24, 2.45) is 5.92 Å². The first-order valence-corrected chi connectivity index (χ1v) is 7.58. The van der Waals surface area contributed by atoms with E-state index in [0.29, 0.717) is 23.6 Å².